The maximum absolute atomic E-state index is 5.92. The third kappa shape index (κ3) is 3.92. The van der Waals surface area contributed by atoms with Crippen LogP contribution < -0.4 is 11.5 Å². The SMILES string of the molecule is CCC(N)CN1CCOC(CCN)C1. The van der Waals surface area contributed by atoms with Crippen molar-refractivity contribution in [2.24, 2.45) is 11.5 Å². The quantitative estimate of drug-likeness (QED) is 0.645. The molecule has 1 aliphatic heterocycles. The summed E-state index contributed by atoms with van der Waals surface area (Å²) in [6, 6.07) is 0.298. The van der Waals surface area contributed by atoms with Crippen molar-refractivity contribution in [1.82, 2.24) is 4.90 Å². The Balaban J connectivity index is 2.25. The van der Waals surface area contributed by atoms with Crippen molar-refractivity contribution in [3.8, 4) is 0 Å². The van der Waals surface area contributed by atoms with Crippen LogP contribution in [0, 0.1) is 0 Å². The van der Waals surface area contributed by atoms with Crippen molar-refractivity contribution in [3.05, 3.63) is 0 Å². The van der Waals surface area contributed by atoms with Gasteiger partial charge in [-0.15, -0.1) is 0 Å². The fourth-order valence-corrected chi connectivity index (χ4v) is 1.77. The maximum Gasteiger partial charge on any atom is 0.0714 e. The predicted octanol–water partition coefficient (Wildman–Crippen LogP) is -0.227. The summed E-state index contributed by atoms with van der Waals surface area (Å²) in [5.41, 5.74) is 11.4. The number of nitrogens with two attached hydrogens (primary N) is 2. The zero-order valence-electron chi connectivity index (χ0n) is 9.11. The number of morpholine rings is 1. The van der Waals surface area contributed by atoms with E-state index in [0.717, 1.165) is 39.1 Å². The van der Waals surface area contributed by atoms with E-state index in [4.69, 9.17) is 16.2 Å². The minimum absolute atomic E-state index is 0.298. The van der Waals surface area contributed by atoms with Crippen LogP contribution in [-0.4, -0.2) is 49.8 Å². The summed E-state index contributed by atoms with van der Waals surface area (Å²) in [5.74, 6) is 0. The molecule has 0 aromatic carbocycles. The monoisotopic (exact) mass is 201 g/mol. The molecule has 0 aliphatic carbocycles. The highest BCUT2D eigenvalue weighted by atomic mass is 16.5. The van der Waals surface area contributed by atoms with Crippen LogP contribution in [0.3, 0.4) is 0 Å². The summed E-state index contributed by atoms with van der Waals surface area (Å²) in [4.78, 5) is 2.39. The van der Waals surface area contributed by atoms with E-state index in [1.165, 1.54) is 0 Å². The highest BCUT2D eigenvalue weighted by molar-refractivity contribution is 4.75. The van der Waals surface area contributed by atoms with Crippen LogP contribution in [0.25, 0.3) is 0 Å². The molecule has 0 radical (unpaired) electrons. The Morgan fingerprint density at radius 2 is 2.36 bits per heavy atom. The van der Waals surface area contributed by atoms with E-state index >= 15 is 0 Å². The second kappa shape index (κ2) is 6.35. The van der Waals surface area contributed by atoms with Gasteiger partial charge in [-0.25, -0.2) is 0 Å². The van der Waals surface area contributed by atoms with E-state index < -0.39 is 0 Å². The fourth-order valence-electron chi connectivity index (χ4n) is 1.77. The molecule has 0 bridgehead atoms. The van der Waals surface area contributed by atoms with Crippen molar-refractivity contribution in [2.75, 3.05) is 32.8 Å². The summed E-state index contributed by atoms with van der Waals surface area (Å²) in [7, 11) is 0. The Bertz CT molecular complexity index is 152. The number of hydrogen-bond acceptors (Lipinski definition) is 4. The average Bonchev–Trinajstić information content (AvgIpc) is 2.19. The fraction of sp³-hybridized carbons (Fsp3) is 1.00. The molecule has 1 aliphatic rings. The lowest BCUT2D eigenvalue weighted by Gasteiger charge is -2.34. The van der Waals surface area contributed by atoms with E-state index in [1.807, 2.05) is 0 Å². The standard InChI is InChI=1S/C10H23N3O/c1-2-9(12)7-13-5-6-14-10(8-13)3-4-11/h9-10H,2-8,11-12H2,1H3. The van der Waals surface area contributed by atoms with Gasteiger partial charge in [0.05, 0.1) is 12.7 Å². The molecule has 1 heterocycles. The van der Waals surface area contributed by atoms with Gasteiger partial charge >= 0.3 is 0 Å². The number of nitrogens with zero attached hydrogens (tertiary/aromatic N) is 1. The van der Waals surface area contributed by atoms with Crippen LogP contribution in [0.15, 0.2) is 0 Å². The molecule has 0 aromatic rings. The van der Waals surface area contributed by atoms with Gasteiger partial charge in [0.1, 0.15) is 0 Å². The van der Waals surface area contributed by atoms with E-state index in [-0.39, 0.29) is 0 Å². The summed E-state index contributed by atoms with van der Waals surface area (Å²) in [6.45, 7) is 6.64. The van der Waals surface area contributed by atoms with Crippen molar-refractivity contribution in [3.63, 3.8) is 0 Å². The molecule has 4 nitrogen and oxygen atoms in total. The van der Waals surface area contributed by atoms with Gasteiger partial charge in [0.15, 0.2) is 0 Å². The largest absolute Gasteiger partial charge is 0.376 e. The Morgan fingerprint density at radius 3 is 3.00 bits per heavy atom. The lowest BCUT2D eigenvalue weighted by Crippen LogP contribution is -2.47. The molecule has 0 amide bonds. The first-order chi connectivity index (χ1) is 6.76. The number of rotatable bonds is 5. The van der Waals surface area contributed by atoms with Crippen LogP contribution in [0.2, 0.25) is 0 Å². The van der Waals surface area contributed by atoms with Gasteiger partial charge in [0, 0.05) is 25.7 Å². The molecular weight excluding hydrogens is 178 g/mol. The molecule has 2 atom stereocenters. The topological polar surface area (TPSA) is 64.5 Å². The van der Waals surface area contributed by atoms with Crippen LogP contribution in [-0.2, 0) is 4.74 Å². The molecule has 2 unspecified atom stereocenters. The van der Waals surface area contributed by atoms with Gasteiger partial charge in [-0.05, 0) is 19.4 Å². The Morgan fingerprint density at radius 1 is 1.57 bits per heavy atom. The first kappa shape index (κ1) is 11.9. The third-order valence-electron chi connectivity index (χ3n) is 2.73. The molecule has 0 aromatic heterocycles. The van der Waals surface area contributed by atoms with Gasteiger partial charge in [0.2, 0.25) is 0 Å². The van der Waals surface area contributed by atoms with Gasteiger partial charge in [-0.2, -0.15) is 0 Å². The predicted molar refractivity (Wildman–Crippen MR) is 58.1 cm³/mol. The normalized spacial score (nSPS) is 26.4. The molecule has 14 heavy (non-hydrogen) atoms. The molecule has 1 fully saturated rings. The van der Waals surface area contributed by atoms with Crippen molar-refractivity contribution in [1.29, 1.82) is 0 Å². The lowest BCUT2D eigenvalue weighted by molar-refractivity contribution is -0.0322. The van der Waals surface area contributed by atoms with E-state index in [2.05, 4.69) is 11.8 Å². The molecule has 1 rings (SSSR count). The van der Waals surface area contributed by atoms with Gasteiger partial charge in [-0.3, -0.25) is 4.90 Å². The zero-order valence-corrected chi connectivity index (χ0v) is 9.11. The van der Waals surface area contributed by atoms with E-state index in [9.17, 15) is 0 Å². The van der Waals surface area contributed by atoms with Crippen LogP contribution in [0.5, 0.6) is 0 Å². The third-order valence-corrected chi connectivity index (χ3v) is 2.73. The lowest BCUT2D eigenvalue weighted by atomic mass is 10.1. The Hall–Kier alpha value is -0.160. The minimum atomic E-state index is 0.298. The summed E-state index contributed by atoms with van der Waals surface area (Å²) < 4.78 is 5.60. The van der Waals surface area contributed by atoms with Crippen molar-refractivity contribution in [2.45, 2.75) is 31.9 Å². The number of ether oxygens (including phenoxy) is 1. The summed E-state index contributed by atoms with van der Waals surface area (Å²) >= 11 is 0. The summed E-state index contributed by atoms with van der Waals surface area (Å²) in [5, 5.41) is 0. The summed E-state index contributed by atoms with van der Waals surface area (Å²) in [6.07, 6.45) is 2.31. The first-order valence-electron chi connectivity index (χ1n) is 5.55. The molecule has 0 saturated carbocycles. The van der Waals surface area contributed by atoms with Crippen molar-refractivity contribution >= 4 is 0 Å². The average molecular weight is 201 g/mol. The maximum atomic E-state index is 5.92. The van der Waals surface area contributed by atoms with Gasteiger partial charge < -0.3 is 16.2 Å². The minimum Gasteiger partial charge on any atom is -0.376 e. The Kier molecular flexibility index (Phi) is 5.40. The molecule has 84 valence electrons. The van der Waals surface area contributed by atoms with Crippen LogP contribution in [0.1, 0.15) is 19.8 Å². The highest BCUT2D eigenvalue weighted by Gasteiger charge is 2.20. The molecule has 4 heteroatoms. The second-order valence-electron chi connectivity index (χ2n) is 4.00. The van der Waals surface area contributed by atoms with Gasteiger partial charge in [-0.1, -0.05) is 6.92 Å². The van der Waals surface area contributed by atoms with Crippen molar-refractivity contribution < 1.29 is 4.74 Å². The number of hydrogen-bond donors (Lipinski definition) is 2. The molecule has 4 N–H and O–H groups in total. The molecule has 0 spiro atoms. The first-order valence-corrected chi connectivity index (χ1v) is 5.55. The zero-order chi connectivity index (χ0) is 10.4. The van der Waals surface area contributed by atoms with Crippen LogP contribution in [0.4, 0.5) is 0 Å². The highest BCUT2D eigenvalue weighted by Crippen LogP contribution is 2.08. The van der Waals surface area contributed by atoms with E-state index in [0.29, 0.717) is 18.7 Å². The molecule has 1 saturated heterocycles. The Labute approximate surface area is 86.6 Å². The smallest absolute Gasteiger partial charge is 0.0714 e. The van der Waals surface area contributed by atoms with Gasteiger partial charge in [0.25, 0.3) is 0 Å². The van der Waals surface area contributed by atoms with E-state index in [1.54, 1.807) is 0 Å². The second-order valence-corrected chi connectivity index (χ2v) is 4.00. The molecular formula is C10H23N3O. The van der Waals surface area contributed by atoms with Crippen LogP contribution >= 0.6 is 0 Å².